The van der Waals surface area contributed by atoms with Gasteiger partial charge < -0.3 is 4.74 Å². The number of methoxy groups -OCH3 is 1. The van der Waals surface area contributed by atoms with Gasteiger partial charge in [0.1, 0.15) is 9.96 Å². The van der Waals surface area contributed by atoms with Gasteiger partial charge in [-0.25, -0.2) is 13.1 Å². The zero-order chi connectivity index (χ0) is 13.9. The standard InChI is InChI=1S/C12H12ClNO3S2/c1-17-10-4-2-9(3-5-10)8-14-19(15,16)12-7-6-11(13)18-12/h2-7,14H,8H2,1H3. The normalized spacial score (nSPS) is 11.5. The molecule has 0 aliphatic rings. The van der Waals surface area contributed by atoms with Gasteiger partial charge in [0.15, 0.2) is 0 Å². The summed E-state index contributed by atoms with van der Waals surface area (Å²) in [6, 6.07) is 10.2. The number of benzene rings is 1. The highest BCUT2D eigenvalue weighted by atomic mass is 35.5. The van der Waals surface area contributed by atoms with Crippen LogP contribution in [-0.4, -0.2) is 15.5 Å². The Morgan fingerprint density at radius 1 is 1.21 bits per heavy atom. The van der Waals surface area contributed by atoms with Crippen molar-refractivity contribution in [2.75, 3.05) is 7.11 Å². The third-order valence-corrected chi connectivity index (χ3v) is 5.56. The summed E-state index contributed by atoms with van der Waals surface area (Å²) in [5, 5.41) is 0. The average Bonchev–Trinajstić information content (AvgIpc) is 2.85. The maximum atomic E-state index is 12.0. The highest BCUT2D eigenvalue weighted by Gasteiger charge is 2.15. The molecular formula is C12H12ClNO3S2. The number of rotatable bonds is 5. The number of nitrogens with one attached hydrogen (secondary N) is 1. The van der Waals surface area contributed by atoms with Crippen LogP contribution in [0.4, 0.5) is 0 Å². The Balaban J connectivity index is 2.05. The molecule has 4 nitrogen and oxygen atoms in total. The molecular weight excluding hydrogens is 306 g/mol. The van der Waals surface area contributed by atoms with Crippen LogP contribution in [0.15, 0.2) is 40.6 Å². The van der Waals surface area contributed by atoms with Crippen molar-refractivity contribution in [1.82, 2.24) is 4.72 Å². The minimum Gasteiger partial charge on any atom is -0.497 e. The SMILES string of the molecule is COc1ccc(CNS(=O)(=O)c2ccc(Cl)s2)cc1. The molecule has 0 atom stereocenters. The molecule has 0 radical (unpaired) electrons. The van der Waals surface area contributed by atoms with Crippen LogP contribution in [0.2, 0.25) is 4.34 Å². The fraction of sp³-hybridized carbons (Fsp3) is 0.167. The third kappa shape index (κ3) is 3.70. The van der Waals surface area contributed by atoms with E-state index >= 15 is 0 Å². The van der Waals surface area contributed by atoms with E-state index in [2.05, 4.69) is 4.72 Å². The first-order chi connectivity index (χ1) is 9.01. The van der Waals surface area contributed by atoms with Crippen molar-refractivity contribution in [2.24, 2.45) is 0 Å². The molecule has 2 aromatic rings. The second-order valence-electron chi connectivity index (χ2n) is 3.73. The molecule has 1 heterocycles. The highest BCUT2D eigenvalue weighted by molar-refractivity contribution is 7.91. The molecule has 0 spiro atoms. The molecule has 7 heteroatoms. The fourth-order valence-corrected chi connectivity index (χ4v) is 3.98. The van der Waals surface area contributed by atoms with Crippen molar-refractivity contribution in [1.29, 1.82) is 0 Å². The van der Waals surface area contributed by atoms with Gasteiger partial charge in [0, 0.05) is 6.54 Å². The molecule has 0 saturated carbocycles. The summed E-state index contributed by atoms with van der Waals surface area (Å²) >= 11 is 6.76. The first-order valence-electron chi connectivity index (χ1n) is 5.39. The van der Waals surface area contributed by atoms with Crippen LogP contribution in [-0.2, 0) is 16.6 Å². The largest absolute Gasteiger partial charge is 0.497 e. The summed E-state index contributed by atoms with van der Waals surface area (Å²) in [5.74, 6) is 0.733. The predicted molar refractivity (Wildman–Crippen MR) is 76.3 cm³/mol. The van der Waals surface area contributed by atoms with Crippen LogP contribution in [0.1, 0.15) is 5.56 Å². The van der Waals surface area contributed by atoms with Gasteiger partial charge in [-0.3, -0.25) is 0 Å². The van der Waals surface area contributed by atoms with E-state index in [0.717, 1.165) is 22.6 Å². The van der Waals surface area contributed by atoms with E-state index in [4.69, 9.17) is 16.3 Å². The molecule has 0 unspecified atom stereocenters. The number of thiophene rings is 1. The van der Waals surface area contributed by atoms with Gasteiger partial charge in [0.2, 0.25) is 10.0 Å². The van der Waals surface area contributed by atoms with Crippen LogP contribution in [0, 0.1) is 0 Å². The van der Waals surface area contributed by atoms with Crippen LogP contribution in [0.5, 0.6) is 5.75 Å². The summed E-state index contributed by atoms with van der Waals surface area (Å²) < 4.78 is 32.1. The number of hydrogen-bond donors (Lipinski definition) is 1. The Labute approximate surface area is 121 Å². The third-order valence-electron chi connectivity index (χ3n) is 2.44. The molecule has 0 saturated heterocycles. The van der Waals surface area contributed by atoms with Crippen LogP contribution in [0.25, 0.3) is 0 Å². The van der Waals surface area contributed by atoms with E-state index < -0.39 is 10.0 Å². The van der Waals surface area contributed by atoms with Gasteiger partial charge >= 0.3 is 0 Å². The summed E-state index contributed by atoms with van der Waals surface area (Å²) in [4.78, 5) is 0. The molecule has 1 aromatic heterocycles. The fourth-order valence-electron chi connectivity index (χ4n) is 1.43. The maximum absolute atomic E-state index is 12.0. The molecule has 102 valence electrons. The highest BCUT2D eigenvalue weighted by Crippen LogP contribution is 2.25. The Kier molecular flexibility index (Phi) is 4.46. The Bertz CT molecular complexity index is 650. The summed E-state index contributed by atoms with van der Waals surface area (Å²) in [6.45, 7) is 0.224. The number of hydrogen-bond acceptors (Lipinski definition) is 4. The minimum atomic E-state index is -3.50. The monoisotopic (exact) mass is 317 g/mol. The topological polar surface area (TPSA) is 55.4 Å². The van der Waals surface area contributed by atoms with E-state index in [0.29, 0.717) is 4.34 Å². The Hall–Kier alpha value is -1.08. The summed E-state index contributed by atoms with van der Waals surface area (Å²) in [7, 11) is -1.92. The lowest BCUT2D eigenvalue weighted by Crippen LogP contribution is -2.22. The van der Waals surface area contributed by atoms with E-state index in [-0.39, 0.29) is 10.8 Å². The number of ether oxygens (including phenoxy) is 1. The Morgan fingerprint density at radius 3 is 2.42 bits per heavy atom. The molecule has 0 amide bonds. The zero-order valence-corrected chi connectivity index (χ0v) is 12.5. The molecule has 19 heavy (non-hydrogen) atoms. The molecule has 0 bridgehead atoms. The lowest BCUT2D eigenvalue weighted by molar-refractivity contribution is 0.414. The minimum absolute atomic E-state index is 0.214. The molecule has 0 aliphatic carbocycles. The van der Waals surface area contributed by atoms with Gasteiger partial charge in [-0.1, -0.05) is 23.7 Å². The van der Waals surface area contributed by atoms with Crippen molar-refractivity contribution >= 4 is 33.0 Å². The molecule has 1 aromatic carbocycles. The molecule has 2 rings (SSSR count). The number of sulfonamides is 1. The van der Waals surface area contributed by atoms with Crippen molar-refractivity contribution in [3.05, 3.63) is 46.3 Å². The van der Waals surface area contributed by atoms with E-state index in [1.807, 2.05) is 12.1 Å². The lowest BCUT2D eigenvalue weighted by atomic mass is 10.2. The molecule has 0 fully saturated rings. The van der Waals surface area contributed by atoms with E-state index in [9.17, 15) is 8.42 Å². The van der Waals surface area contributed by atoms with Gasteiger partial charge in [-0.15, -0.1) is 11.3 Å². The van der Waals surface area contributed by atoms with Crippen molar-refractivity contribution in [3.63, 3.8) is 0 Å². The van der Waals surface area contributed by atoms with Gasteiger partial charge in [0.05, 0.1) is 11.4 Å². The maximum Gasteiger partial charge on any atom is 0.250 e. The van der Waals surface area contributed by atoms with Crippen LogP contribution in [0.3, 0.4) is 0 Å². The molecule has 1 N–H and O–H groups in total. The quantitative estimate of drug-likeness (QED) is 0.922. The van der Waals surface area contributed by atoms with Crippen LogP contribution < -0.4 is 9.46 Å². The lowest BCUT2D eigenvalue weighted by Gasteiger charge is -2.05. The van der Waals surface area contributed by atoms with Gasteiger partial charge in [0.25, 0.3) is 0 Å². The number of halogens is 1. The van der Waals surface area contributed by atoms with Crippen molar-refractivity contribution in [3.8, 4) is 5.75 Å². The average molecular weight is 318 g/mol. The first kappa shape index (κ1) is 14.3. The van der Waals surface area contributed by atoms with E-state index in [1.54, 1.807) is 25.3 Å². The second-order valence-corrected chi connectivity index (χ2v) is 7.44. The Morgan fingerprint density at radius 2 is 1.89 bits per heavy atom. The molecule has 0 aliphatic heterocycles. The van der Waals surface area contributed by atoms with Crippen LogP contribution >= 0.6 is 22.9 Å². The summed E-state index contributed by atoms with van der Waals surface area (Å²) in [6.07, 6.45) is 0. The smallest absolute Gasteiger partial charge is 0.250 e. The van der Waals surface area contributed by atoms with Crippen molar-refractivity contribution in [2.45, 2.75) is 10.8 Å². The van der Waals surface area contributed by atoms with Crippen molar-refractivity contribution < 1.29 is 13.2 Å². The second kappa shape index (κ2) is 5.92. The summed E-state index contributed by atoms with van der Waals surface area (Å²) in [5.41, 5.74) is 0.854. The zero-order valence-electron chi connectivity index (χ0n) is 10.1. The predicted octanol–water partition coefficient (Wildman–Crippen LogP) is 2.89. The van der Waals surface area contributed by atoms with Gasteiger partial charge in [-0.05, 0) is 29.8 Å². The first-order valence-corrected chi connectivity index (χ1v) is 8.07. The van der Waals surface area contributed by atoms with E-state index in [1.165, 1.54) is 6.07 Å². The van der Waals surface area contributed by atoms with Gasteiger partial charge in [-0.2, -0.15) is 0 Å².